The van der Waals surface area contributed by atoms with Crippen molar-refractivity contribution in [2.75, 3.05) is 5.32 Å². The molecule has 0 aliphatic rings. The third-order valence-electron chi connectivity index (χ3n) is 4.19. The summed E-state index contributed by atoms with van der Waals surface area (Å²) < 4.78 is 16.0. The van der Waals surface area contributed by atoms with Gasteiger partial charge in [-0.05, 0) is 24.5 Å². The summed E-state index contributed by atoms with van der Waals surface area (Å²) in [5, 5.41) is 7.96. The molecule has 1 N–H and O–H groups in total. The van der Waals surface area contributed by atoms with Crippen molar-refractivity contribution >= 4 is 23.2 Å². The van der Waals surface area contributed by atoms with Crippen LogP contribution in [0.4, 0.5) is 10.2 Å². The minimum atomic E-state index is -0.407. The van der Waals surface area contributed by atoms with E-state index in [4.69, 9.17) is 11.6 Å². The first-order chi connectivity index (χ1) is 11.3. The number of rotatable bonds is 3. The summed E-state index contributed by atoms with van der Waals surface area (Å²) in [4.78, 5) is 8.36. The predicted octanol–water partition coefficient (Wildman–Crippen LogP) is 4.43. The Labute approximate surface area is 144 Å². The van der Waals surface area contributed by atoms with Crippen molar-refractivity contribution in [3.63, 3.8) is 0 Å². The molecule has 2 heterocycles. The van der Waals surface area contributed by atoms with Crippen LogP contribution in [0.2, 0.25) is 5.02 Å². The Morgan fingerprint density at radius 3 is 2.67 bits per heavy atom. The molecule has 24 heavy (non-hydrogen) atoms. The highest BCUT2D eigenvalue weighted by Gasteiger charge is 2.24. The average molecular weight is 348 g/mol. The van der Waals surface area contributed by atoms with E-state index < -0.39 is 5.82 Å². The third kappa shape index (κ3) is 2.94. The van der Waals surface area contributed by atoms with Gasteiger partial charge >= 0.3 is 0 Å². The van der Waals surface area contributed by atoms with Crippen LogP contribution in [0.5, 0.6) is 0 Å². The molecule has 2 aromatic heterocycles. The second kappa shape index (κ2) is 6.02. The van der Waals surface area contributed by atoms with E-state index in [9.17, 15) is 4.39 Å². The Hall–Kier alpha value is -2.21. The molecule has 0 amide bonds. The molecular formula is C17H19ClFN5. The van der Waals surface area contributed by atoms with Gasteiger partial charge in [-0.15, -0.1) is 0 Å². The lowest BCUT2D eigenvalue weighted by Crippen LogP contribution is -2.32. The van der Waals surface area contributed by atoms with E-state index in [1.54, 1.807) is 22.8 Å². The van der Waals surface area contributed by atoms with Crippen molar-refractivity contribution < 1.29 is 4.39 Å². The molecule has 1 unspecified atom stereocenters. The molecule has 7 heteroatoms. The fourth-order valence-corrected chi connectivity index (χ4v) is 2.54. The van der Waals surface area contributed by atoms with Crippen molar-refractivity contribution in [3.8, 4) is 11.1 Å². The molecule has 0 fully saturated rings. The molecule has 0 saturated heterocycles. The smallest absolute Gasteiger partial charge is 0.254 e. The molecule has 0 saturated carbocycles. The van der Waals surface area contributed by atoms with E-state index in [1.807, 2.05) is 0 Å². The fourth-order valence-electron chi connectivity index (χ4n) is 2.28. The lowest BCUT2D eigenvalue weighted by molar-refractivity contribution is 0.358. The number of benzene rings is 1. The molecule has 3 aromatic rings. The van der Waals surface area contributed by atoms with Gasteiger partial charge in [-0.1, -0.05) is 38.4 Å². The largest absolute Gasteiger partial charge is 0.366 e. The first-order valence-corrected chi connectivity index (χ1v) is 8.06. The van der Waals surface area contributed by atoms with Crippen LogP contribution in [0.3, 0.4) is 0 Å². The topological polar surface area (TPSA) is 55.1 Å². The van der Waals surface area contributed by atoms with Crippen LogP contribution in [-0.4, -0.2) is 25.6 Å². The third-order valence-corrected chi connectivity index (χ3v) is 4.51. The number of fused-ring (bicyclic) bond motifs is 1. The highest BCUT2D eigenvalue weighted by Crippen LogP contribution is 2.36. The maximum absolute atomic E-state index is 14.4. The summed E-state index contributed by atoms with van der Waals surface area (Å²) in [6.45, 7) is 8.44. The van der Waals surface area contributed by atoms with Gasteiger partial charge in [-0.2, -0.15) is 14.6 Å². The van der Waals surface area contributed by atoms with Crippen LogP contribution in [0.15, 0.2) is 30.7 Å². The lowest BCUT2D eigenvalue weighted by atomic mass is 9.88. The molecular weight excluding hydrogens is 329 g/mol. The van der Waals surface area contributed by atoms with Gasteiger partial charge in [0.05, 0.1) is 5.02 Å². The van der Waals surface area contributed by atoms with Crippen LogP contribution >= 0.6 is 11.6 Å². The number of aromatic nitrogens is 4. The number of hydrogen-bond donors (Lipinski definition) is 1. The molecule has 0 radical (unpaired) electrons. The number of nitrogens with zero attached hydrogens (tertiary/aromatic N) is 4. The molecule has 0 bridgehead atoms. The van der Waals surface area contributed by atoms with Gasteiger partial charge in [0.15, 0.2) is 0 Å². The summed E-state index contributed by atoms with van der Waals surface area (Å²) in [6, 6.07) is 4.70. The summed E-state index contributed by atoms with van der Waals surface area (Å²) >= 11 is 6.25. The number of hydrogen-bond acceptors (Lipinski definition) is 4. The quantitative estimate of drug-likeness (QED) is 0.761. The summed E-state index contributed by atoms with van der Waals surface area (Å²) in [6.07, 6.45) is 2.99. The van der Waals surface area contributed by atoms with Crippen LogP contribution in [0, 0.1) is 11.2 Å². The number of anilines is 1. The first kappa shape index (κ1) is 16.6. The Balaban J connectivity index is 2.23. The zero-order valence-corrected chi connectivity index (χ0v) is 14.8. The van der Waals surface area contributed by atoms with Gasteiger partial charge in [0, 0.05) is 23.4 Å². The van der Waals surface area contributed by atoms with E-state index >= 15 is 0 Å². The van der Waals surface area contributed by atoms with Crippen molar-refractivity contribution in [2.24, 2.45) is 5.41 Å². The molecule has 5 nitrogen and oxygen atoms in total. The number of nitrogens with one attached hydrogen (secondary N) is 1. The van der Waals surface area contributed by atoms with Gasteiger partial charge in [-0.3, -0.25) is 0 Å². The van der Waals surface area contributed by atoms with E-state index in [-0.39, 0.29) is 11.5 Å². The molecule has 1 atom stereocenters. The predicted molar refractivity (Wildman–Crippen MR) is 93.7 cm³/mol. The van der Waals surface area contributed by atoms with Gasteiger partial charge < -0.3 is 5.32 Å². The molecule has 0 aliphatic heterocycles. The van der Waals surface area contributed by atoms with Crippen LogP contribution in [0.1, 0.15) is 27.7 Å². The maximum Gasteiger partial charge on any atom is 0.254 e. The Morgan fingerprint density at radius 2 is 2.00 bits per heavy atom. The molecule has 0 aliphatic carbocycles. The highest BCUT2D eigenvalue weighted by molar-refractivity contribution is 6.33. The average Bonchev–Trinajstić information content (AvgIpc) is 2.96. The Morgan fingerprint density at radius 1 is 1.25 bits per heavy atom. The van der Waals surface area contributed by atoms with Crippen molar-refractivity contribution in [3.05, 3.63) is 41.6 Å². The monoisotopic (exact) mass is 347 g/mol. The van der Waals surface area contributed by atoms with Crippen LogP contribution < -0.4 is 5.32 Å². The Bertz CT molecular complexity index is 864. The summed E-state index contributed by atoms with van der Waals surface area (Å²) in [5.41, 5.74) is 0.840. The SMILES string of the molecule is CC(Nc1c(-c2c(F)cccc2Cl)cnc2ncnn12)C(C)(C)C. The Kier molecular flexibility index (Phi) is 4.17. The van der Waals surface area contributed by atoms with E-state index in [0.29, 0.717) is 27.7 Å². The molecule has 0 spiro atoms. The minimum Gasteiger partial charge on any atom is -0.366 e. The fraction of sp³-hybridized carbons (Fsp3) is 0.353. The summed E-state index contributed by atoms with van der Waals surface area (Å²) in [5.74, 6) is 0.650. The second-order valence-corrected chi connectivity index (χ2v) is 7.23. The van der Waals surface area contributed by atoms with Crippen molar-refractivity contribution in [1.82, 2.24) is 19.6 Å². The van der Waals surface area contributed by atoms with E-state index in [0.717, 1.165) is 0 Å². The van der Waals surface area contributed by atoms with Gasteiger partial charge in [0.2, 0.25) is 0 Å². The molecule has 3 rings (SSSR count). The van der Waals surface area contributed by atoms with Crippen molar-refractivity contribution in [1.29, 1.82) is 0 Å². The summed E-state index contributed by atoms with van der Waals surface area (Å²) in [7, 11) is 0. The van der Waals surface area contributed by atoms with Gasteiger partial charge in [0.25, 0.3) is 5.78 Å². The molecule has 1 aromatic carbocycles. The van der Waals surface area contributed by atoms with Crippen LogP contribution in [0.25, 0.3) is 16.9 Å². The maximum atomic E-state index is 14.4. The first-order valence-electron chi connectivity index (χ1n) is 7.68. The number of halogens is 2. The van der Waals surface area contributed by atoms with E-state index in [2.05, 4.69) is 48.1 Å². The highest BCUT2D eigenvalue weighted by atomic mass is 35.5. The second-order valence-electron chi connectivity index (χ2n) is 6.82. The van der Waals surface area contributed by atoms with Gasteiger partial charge in [-0.25, -0.2) is 9.37 Å². The standard InChI is InChI=1S/C17H19ClFN5/c1-10(17(2,3)4)23-15-11(8-20-16-21-9-22-24(15)16)14-12(18)6-5-7-13(14)19/h5-10,23H,1-4H3. The zero-order chi connectivity index (χ0) is 17.5. The van der Waals surface area contributed by atoms with Crippen molar-refractivity contribution in [2.45, 2.75) is 33.7 Å². The van der Waals surface area contributed by atoms with Gasteiger partial charge in [0.1, 0.15) is 18.0 Å². The van der Waals surface area contributed by atoms with E-state index in [1.165, 1.54) is 12.4 Å². The zero-order valence-electron chi connectivity index (χ0n) is 14.0. The van der Waals surface area contributed by atoms with Crippen LogP contribution in [-0.2, 0) is 0 Å². The molecule has 126 valence electrons. The lowest BCUT2D eigenvalue weighted by Gasteiger charge is -2.29. The normalized spacial score (nSPS) is 13.2. The minimum absolute atomic E-state index is 0.00747.